The third kappa shape index (κ3) is 3.91. The highest BCUT2D eigenvalue weighted by molar-refractivity contribution is 7.19. The molecule has 2 bridgehead atoms. The van der Waals surface area contributed by atoms with Crippen LogP contribution in [0.4, 0.5) is 0 Å². The lowest BCUT2D eigenvalue weighted by molar-refractivity contribution is -0.128. The van der Waals surface area contributed by atoms with E-state index in [9.17, 15) is 9.90 Å². The molecular formula is C20H27ClN2O2S. The molecule has 0 spiro atoms. The van der Waals surface area contributed by atoms with Crippen molar-refractivity contribution in [2.45, 2.75) is 44.2 Å². The third-order valence-electron chi connectivity index (χ3n) is 6.03. The van der Waals surface area contributed by atoms with Crippen LogP contribution in [0.2, 0.25) is 0 Å². The van der Waals surface area contributed by atoms with Crippen molar-refractivity contribution >= 4 is 39.7 Å². The summed E-state index contributed by atoms with van der Waals surface area (Å²) in [5.74, 6) is 1.14. The van der Waals surface area contributed by atoms with E-state index in [1.165, 1.54) is 6.42 Å². The van der Waals surface area contributed by atoms with Crippen molar-refractivity contribution in [3.05, 3.63) is 35.2 Å². The number of halogens is 1. The molecule has 0 saturated heterocycles. The summed E-state index contributed by atoms with van der Waals surface area (Å²) < 4.78 is 1.16. The number of carbonyl (C=O) groups excluding carboxylic acids is 1. The van der Waals surface area contributed by atoms with Crippen LogP contribution in [0.25, 0.3) is 10.1 Å². The average Bonchev–Trinajstić information content (AvgIpc) is 3.03. The van der Waals surface area contributed by atoms with Gasteiger partial charge in [0, 0.05) is 28.1 Å². The Hall–Kier alpha value is -1.14. The number of nitrogens with two attached hydrogens (primary N) is 1. The minimum absolute atomic E-state index is 0. The Kier molecular flexibility index (Phi) is 6.23. The van der Waals surface area contributed by atoms with Crippen LogP contribution < -0.4 is 11.1 Å². The highest BCUT2D eigenvalue weighted by Crippen LogP contribution is 2.42. The minimum Gasteiger partial charge on any atom is -0.386 e. The maximum absolute atomic E-state index is 12.6. The molecule has 4 N–H and O–H groups in total. The molecular weight excluding hydrogens is 368 g/mol. The SMILES string of the molecule is Cl.NC1C2CCCC1CC(C(=O)NCC(O)c1cc3ccccc3s1)C2. The van der Waals surface area contributed by atoms with Crippen LogP contribution in [0.3, 0.4) is 0 Å². The first-order valence-corrected chi connectivity index (χ1v) is 10.1. The van der Waals surface area contributed by atoms with Gasteiger partial charge in [0.1, 0.15) is 6.10 Å². The molecule has 4 nitrogen and oxygen atoms in total. The van der Waals surface area contributed by atoms with Crippen molar-refractivity contribution in [2.24, 2.45) is 23.5 Å². The van der Waals surface area contributed by atoms with Crippen LogP contribution >= 0.6 is 23.7 Å². The van der Waals surface area contributed by atoms with E-state index < -0.39 is 6.10 Å². The maximum Gasteiger partial charge on any atom is 0.223 e. The molecule has 2 aliphatic rings. The fraction of sp³-hybridized carbons (Fsp3) is 0.550. The smallest absolute Gasteiger partial charge is 0.223 e. The molecule has 2 fully saturated rings. The van der Waals surface area contributed by atoms with Gasteiger partial charge < -0.3 is 16.2 Å². The Labute approximate surface area is 164 Å². The number of rotatable bonds is 4. The van der Waals surface area contributed by atoms with Gasteiger partial charge in [0.05, 0.1) is 0 Å². The zero-order valence-corrected chi connectivity index (χ0v) is 16.4. The summed E-state index contributed by atoms with van der Waals surface area (Å²) in [6, 6.07) is 10.4. The first-order chi connectivity index (χ1) is 12.1. The zero-order chi connectivity index (χ0) is 17.4. The van der Waals surface area contributed by atoms with Crippen LogP contribution in [0, 0.1) is 17.8 Å². The zero-order valence-electron chi connectivity index (χ0n) is 14.8. The van der Waals surface area contributed by atoms with Crippen molar-refractivity contribution in [2.75, 3.05) is 6.54 Å². The number of hydrogen-bond donors (Lipinski definition) is 3. The van der Waals surface area contributed by atoms with Crippen molar-refractivity contribution in [1.29, 1.82) is 0 Å². The molecule has 1 aromatic heterocycles. The predicted octanol–water partition coefficient (Wildman–Crippen LogP) is 3.63. The van der Waals surface area contributed by atoms with E-state index in [0.29, 0.717) is 11.8 Å². The number of amides is 1. The first kappa shape index (κ1) is 19.6. The Balaban J connectivity index is 0.00000196. The first-order valence-electron chi connectivity index (χ1n) is 9.31. The Bertz CT molecular complexity index is 718. The summed E-state index contributed by atoms with van der Waals surface area (Å²) in [5, 5.41) is 14.6. The van der Waals surface area contributed by atoms with Gasteiger partial charge in [-0.3, -0.25) is 4.79 Å². The van der Waals surface area contributed by atoms with Gasteiger partial charge >= 0.3 is 0 Å². The van der Waals surface area contributed by atoms with Crippen molar-refractivity contribution in [3.63, 3.8) is 0 Å². The molecule has 26 heavy (non-hydrogen) atoms. The Morgan fingerprint density at radius 2 is 1.96 bits per heavy atom. The standard InChI is InChI=1S/C20H26N2O2S.ClH/c21-19-13-5-3-6-14(19)9-15(8-13)20(24)22-11-16(23)18-10-12-4-1-2-7-17(12)25-18;/h1-2,4,7,10,13-16,19,23H,3,5-6,8-9,11,21H2,(H,22,24);1H. The molecule has 4 rings (SSSR count). The van der Waals surface area contributed by atoms with E-state index in [1.807, 2.05) is 24.3 Å². The summed E-state index contributed by atoms with van der Waals surface area (Å²) in [6.07, 6.45) is 4.73. The monoisotopic (exact) mass is 394 g/mol. The van der Waals surface area contributed by atoms with Gasteiger partial charge in [-0.25, -0.2) is 0 Å². The number of thiophene rings is 1. The van der Waals surface area contributed by atoms with E-state index in [2.05, 4.69) is 11.4 Å². The number of fused-ring (bicyclic) bond motifs is 3. The van der Waals surface area contributed by atoms with Crippen LogP contribution in [0.5, 0.6) is 0 Å². The summed E-state index contributed by atoms with van der Waals surface area (Å²) >= 11 is 1.59. The summed E-state index contributed by atoms with van der Waals surface area (Å²) in [4.78, 5) is 13.5. The normalized spacial score (nSPS) is 29.0. The number of hydrogen-bond acceptors (Lipinski definition) is 4. The molecule has 0 radical (unpaired) electrons. The van der Waals surface area contributed by atoms with Gasteiger partial charge in [-0.05, 0) is 55.0 Å². The minimum atomic E-state index is -0.647. The molecule has 0 aliphatic heterocycles. The lowest BCUT2D eigenvalue weighted by Crippen LogP contribution is -2.49. The van der Waals surface area contributed by atoms with E-state index in [0.717, 1.165) is 40.6 Å². The molecule has 2 aliphatic carbocycles. The highest BCUT2D eigenvalue weighted by atomic mass is 35.5. The van der Waals surface area contributed by atoms with Gasteiger partial charge in [0.15, 0.2) is 0 Å². The van der Waals surface area contributed by atoms with E-state index in [-0.39, 0.29) is 36.8 Å². The number of nitrogens with one attached hydrogen (secondary N) is 1. The molecule has 1 aromatic carbocycles. The summed E-state index contributed by atoms with van der Waals surface area (Å²) in [5.41, 5.74) is 6.31. The molecule has 3 unspecified atom stereocenters. The average molecular weight is 395 g/mol. The number of aliphatic hydroxyl groups is 1. The molecule has 142 valence electrons. The van der Waals surface area contributed by atoms with Gasteiger partial charge in [-0.2, -0.15) is 0 Å². The summed E-state index contributed by atoms with van der Waals surface area (Å²) in [7, 11) is 0. The molecule has 2 saturated carbocycles. The third-order valence-corrected chi connectivity index (χ3v) is 7.24. The van der Waals surface area contributed by atoms with Crippen molar-refractivity contribution < 1.29 is 9.90 Å². The molecule has 1 heterocycles. The molecule has 6 heteroatoms. The molecule has 1 amide bonds. The maximum atomic E-state index is 12.6. The van der Waals surface area contributed by atoms with Gasteiger partial charge in [-0.1, -0.05) is 24.6 Å². The number of benzene rings is 1. The molecule has 2 aromatic rings. The fourth-order valence-electron chi connectivity index (χ4n) is 4.61. The highest BCUT2D eigenvalue weighted by Gasteiger charge is 2.40. The van der Waals surface area contributed by atoms with Gasteiger partial charge in [0.2, 0.25) is 5.91 Å². The molecule has 3 atom stereocenters. The van der Waals surface area contributed by atoms with E-state index in [1.54, 1.807) is 11.3 Å². The predicted molar refractivity (Wildman–Crippen MR) is 109 cm³/mol. The lowest BCUT2D eigenvalue weighted by Gasteiger charge is -2.43. The van der Waals surface area contributed by atoms with Crippen LogP contribution in [-0.4, -0.2) is 23.6 Å². The van der Waals surface area contributed by atoms with E-state index >= 15 is 0 Å². The quantitative estimate of drug-likeness (QED) is 0.741. The fourth-order valence-corrected chi connectivity index (χ4v) is 5.66. The largest absolute Gasteiger partial charge is 0.386 e. The Morgan fingerprint density at radius 3 is 2.65 bits per heavy atom. The number of carbonyl (C=O) groups is 1. The summed E-state index contributed by atoms with van der Waals surface area (Å²) in [6.45, 7) is 0.281. The van der Waals surface area contributed by atoms with Crippen molar-refractivity contribution in [1.82, 2.24) is 5.32 Å². The Morgan fingerprint density at radius 1 is 1.27 bits per heavy atom. The van der Waals surface area contributed by atoms with Crippen LogP contribution in [-0.2, 0) is 4.79 Å². The lowest BCUT2D eigenvalue weighted by atomic mass is 9.65. The van der Waals surface area contributed by atoms with Crippen molar-refractivity contribution in [3.8, 4) is 0 Å². The second kappa shape index (κ2) is 8.26. The van der Waals surface area contributed by atoms with Crippen LogP contribution in [0.1, 0.15) is 43.1 Å². The topological polar surface area (TPSA) is 75.4 Å². The van der Waals surface area contributed by atoms with E-state index in [4.69, 9.17) is 5.73 Å². The second-order valence-corrected chi connectivity index (χ2v) is 8.76. The van der Waals surface area contributed by atoms with Gasteiger partial charge in [0.25, 0.3) is 0 Å². The van der Waals surface area contributed by atoms with Gasteiger partial charge in [-0.15, -0.1) is 23.7 Å². The van der Waals surface area contributed by atoms with Crippen LogP contribution in [0.15, 0.2) is 30.3 Å². The number of aliphatic hydroxyl groups excluding tert-OH is 1. The second-order valence-electron chi connectivity index (χ2n) is 7.64.